The fraction of sp³-hybridized carbons (Fsp3) is 0.255. The average Bonchev–Trinajstić information content (AvgIpc) is 3.33. The van der Waals surface area contributed by atoms with Crippen molar-refractivity contribution in [3.05, 3.63) is 141 Å². The number of hydrogen-bond acceptors (Lipinski definition) is 9. The van der Waals surface area contributed by atoms with E-state index in [0.29, 0.717) is 52.7 Å². The minimum atomic E-state index is -1.20. The van der Waals surface area contributed by atoms with Crippen LogP contribution in [-0.4, -0.2) is 66.3 Å². The second kappa shape index (κ2) is 19.1. The summed E-state index contributed by atoms with van der Waals surface area (Å²) in [5, 5.41) is 29.4. The minimum Gasteiger partial charge on any atom is -0.508 e. The number of carboxylic acid groups (broad SMARTS) is 1. The molecule has 9 rings (SSSR count). The number of fused-ring (bicyclic) bond motifs is 4. The Balaban J connectivity index is 0.921. The lowest BCUT2D eigenvalue weighted by Crippen LogP contribution is -2.43. The first-order chi connectivity index (χ1) is 32.9. The van der Waals surface area contributed by atoms with Gasteiger partial charge < -0.3 is 34.6 Å². The van der Waals surface area contributed by atoms with E-state index in [1.807, 2.05) is 18.2 Å². The van der Waals surface area contributed by atoms with Gasteiger partial charge in [0.15, 0.2) is 5.43 Å². The summed E-state index contributed by atoms with van der Waals surface area (Å²) in [4.78, 5) is 55.5. The lowest BCUT2D eigenvalue weighted by Gasteiger charge is -2.30. The fourth-order valence-corrected chi connectivity index (χ4v) is 10.1. The number of thiol groups is 1. The van der Waals surface area contributed by atoms with Crippen LogP contribution in [0.4, 0.5) is 5.69 Å². The zero-order valence-corrected chi connectivity index (χ0v) is 39.3. The van der Waals surface area contributed by atoms with Crippen LogP contribution in [0, 0.1) is 0 Å². The zero-order chi connectivity index (χ0) is 47.8. The summed E-state index contributed by atoms with van der Waals surface area (Å²) in [6.07, 6.45) is 2.52. The van der Waals surface area contributed by atoms with Crippen molar-refractivity contribution in [3.63, 3.8) is 0 Å². The highest BCUT2D eigenvalue weighted by Gasteiger charge is 2.28. The number of nitrogens with one attached hydrogen (secondary N) is 2. The van der Waals surface area contributed by atoms with Crippen LogP contribution in [0.2, 0.25) is 0 Å². The van der Waals surface area contributed by atoms with E-state index in [2.05, 4.69) is 84.2 Å². The summed E-state index contributed by atoms with van der Waals surface area (Å²) >= 11 is 4.99. The summed E-state index contributed by atoms with van der Waals surface area (Å²) in [7, 11) is 0. The summed E-state index contributed by atoms with van der Waals surface area (Å²) in [5.41, 5.74) is 6.54. The lowest BCUT2D eigenvalue weighted by molar-refractivity contribution is 0.0696. The molecular formula is C55H53N4O8S+. The van der Waals surface area contributed by atoms with Crippen LogP contribution in [0.5, 0.6) is 5.75 Å². The predicted octanol–water partition coefficient (Wildman–Crippen LogP) is 9.90. The third-order valence-electron chi connectivity index (χ3n) is 13.3. The number of benzene rings is 6. The molecule has 2 aliphatic heterocycles. The summed E-state index contributed by atoms with van der Waals surface area (Å²) in [5.74, 6) is -0.851. The van der Waals surface area contributed by atoms with Gasteiger partial charge in [0.25, 0.3) is 11.8 Å². The Morgan fingerprint density at radius 1 is 0.647 bits per heavy atom. The van der Waals surface area contributed by atoms with Gasteiger partial charge in [0.1, 0.15) is 41.5 Å². The first-order valence-electron chi connectivity index (χ1n) is 23.2. The smallest absolute Gasteiger partial charge is 0.336 e. The zero-order valence-electron chi connectivity index (χ0n) is 38.4. The van der Waals surface area contributed by atoms with Crippen molar-refractivity contribution < 1.29 is 33.4 Å². The summed E-state index contributed by atoms with van der Waals surface area (Å²) in [6.45, 7) is 12.0. The number of anilines is 1. The molecule has 13 heteroatoms. The Bertz CT molecular complexity index is 3340. The van der Waals surface area contributed by atoms with E-state index in [0.717, 1.165) is 70.6 Å². The molecular weight excluding hydrogens is 877 g/mol. The first kappa shape index (κ1) is 45.8. The molecule has 2 heterocycles. The van der Waals surface area contributed by atoms with Crippen molar-refractivity contribution in [2.75, 3.05) is 31.1 Å². The molecule has 1 saturated carbocycles. The molecule has 12 nitrogen and oxygen atoms in total. The molecule has 2 amide bonds. The van der Waals surface area contributed by atoms with E-state index in [1.165, 1.54) is 36.4 Å². The molecule has 5 aliphatic rings. The molecule has 0 saturated heterocycles. The predicted molar refractivity (Wildman–Crippen MR) is 270 cm³/mol. The van der Waals surface area contributed by atoms with Gasteiger partial charge in [-0.25, -0.2) is 9.37 Å². The van der Waals surface area contributed by atoms with Crippen molar-refractivity contribution >= 4 is 58.0 Å². The highest BCUT2D eigenvalue weighted by Crippen LogP contribution is 2.44. The molecule has 346 valence electrons. The van der Waals surface area contributed by atoms with Crippen molar-refractivity contribution in [1.82, 2.24) is 15.2 Å². The number of amides is 2. The Kier molecular flexibility index (Phi) is 12.8. The molecule has 4 N–H and O–H groups in total. The van der Waals surface area contributed by atoms with Crippen molar-refractivity contribution in [2.45, 2.75) is 70.4 Å². The molecule has 1 fully saturated rings. The Labute approximate surface area is 398 Å². The second-order valence-corrected chi connectivity index (χ2v) is 17.8. The molecule has 0 aromatic heterocycles. The number of carbonyl (C=O) groups excluding carboxylic acids is 2. The van der Waals surface area contributed by atoms with Crippen LogP contribution in [0.3, 0.4) is 0 Å². The number of carbonyl (C=O) groups is 3. The fourth-order valence-electron chi connectivity index (χ4n) is 9.76. The van der Waals surface area contributed by atoms with Crippen LogP contribution >= 0.6 is 12.6 Å². The van der Waals surface area contributed by atoms with Crippen LogP contribution in [0.25, 0.3) is 66.8 Å². The van der Waals surface area contributed by atoms with E-state index in [-0.39, 0.29) is 63.1 Å². The molecule has 0 spiro atoms. The van der Waals surface area contributed by atoms with Gasteiger partial charge in [-0.2, -0.15) is 0 Å². The molecule has 4 aromatic rings. The SMILES string of the molecule is CCN(CC)c1ccc2c(-c3ccc(C(=O)NC4CCC(NC(=O)c5ccc(C(=O)O)c(-c6c7ccc(=O)cc-7oc7cc(O)ccc67)c5)CC4)cc3S)c3ccc(=[N+](CC)CC)cc-3oc2c1. The Morgan fingerprint density at radius 3 is 1.82 bits per heavy atom. The average molecular weight is 930 g/mol. The van der Waals surface area contributed by atoms with Gasteiger partial charge >= 0.3 is 5.97 Å². The molecule has 0 bridgehead atoms. The molecule has 0 radical (unpaired) electrons. The standard InChI is InChI=1S/C55H52N4O8S/c1-5-58(6-2)35-15-21-40-46(27-35)66-47-28-36(59(7-3)8-4)16-22-41(47)51(40)44-20-10-32(26-50(44)68)54(63)57-34-13-11-33(12-14-34)56-53(62)31-9-19-39(55(64)65)45(25-31)52-42-23-17-37(60)29-48(42)67-49-30-38(61)18-24-43(49)52/h9-10,15-30,33-34H,5-8,11-14H2,1-4H3,(H4,56,57,60,61,62,63,64,65)/p+1. The van der Waals surface area contributed by atoms with Crippen LogP contribution < -0.4 is 30.9 Å². The van der Waals surface area contributed by atoms with Crippen molar-refractivity contribution in [1.29, 1.82) is 0 Å². The Morgan fingerprint density at radius 2 is 1.21 bits per heavy atom. The van der Waals surface area contributed by atoms with E-state index in [1.54, 1.807) is 18.2 Å². The van der Waals surface area contributed by atoms with E-state index < -0.39 is 5.97 Å². The van der Waals surface area contributed by atoms with E-state index in [9.17, 15) is 29.4 Å². The van der Waals surface area contributed by atoms with Gasteiger partial charge in [0, 0.05) is 104 Å². The third kappa shape index (κ3) is 8.81. The van der Waals surface area contributed by atoms with Gasteiger partial charge in [-0.05, 0) is 137 Å². The van der Waals surface area contributed by atoms with Crippen molar-refractivity contribution in [3.8, 4) is 50.7 Å². The molecule has 68 heavy (non-hydrogen) atoms. The van der Waals surface area contributed by atoms with Crippen LogP contribution in [-0.2, 0) is 0 Å². The second-order valence-electron chi connectivity index (χ2n) is 17.3. The maximum Gasteiger partial charge on any atom is 0.336 e. The first-order valence-corrected chi connectivity index (χ1v) is 23.7. The molecule has 4 aromatic carbocycles. The number of aromatic hydroxyl groups is 1. The van der Waals surface area contributed by atoms with Gasteiger partial charge in [0.2, 0.25) is 5.36 Å². The summed E-state index contributed by atoms with van der Waals surface area (Å²) in [6, 6.07) is 31.2. The lowest BCUT2D eigenvalue weighted by atomic mass is 9.89. The highest BCUT2D eigenvalue weighted by atomic mass is 32.1. The normalized spacial score (nSPS) is 14.9. The number of phenolic OH excluding ortho intramolecular Hbond substituents is 1. The molecule has 0 unspecified atom stereocenters. The minimum absolute atomic E-state index is 0.0439. The topological polar surface area (TPSA) is 165 Å². The van der Waals surface area contributed by atoms with Crippen LogP contribution in [0.15, 0.2) is 128 Å². The van der Waals surface area contributed by atoms with Gasteiger partial charge in [-0.15, -0.1) is 12.6 Å². The maximum absolute atomic E-state index is 13.8. The van der Waals surface area contributed by atoms with E-state index in [4.69, 9.17) is 21.5 Å². The largest absolute Gasteiger partial charge is 0.508 e. The van der Waals surface area contributed by atoms with E-state index >= 15 is 0 Å². The highest BCUT2D eigenvalue weighted by molar-refractivity contribution is 7.80. The van der Waals surface area contributed by atoms with Gasteiger partial charge in [0.05, 0.1) is 11.6 Å². The third-order valence-corrected chi connectivity index (χ3v) is 13.7. The molecule has 0 atom stereocenters. The number of hydrogen-bond donors (Lipinski definition) is 5. The summed E-state index contributed by atoms with van der Waals surface area (Å²) < 4.78 is 14.9. The number of aromatic carboxylic acids is 1. The number of nitrogens with zero attached hydrogens (tertiary/aromatic N) is 2. The quantitative estimate of drug-likeness (QED) is 0.0456. The number of phenols is 1. The Hall–Kier alpha value is -7.38. The molecule has 3 aliphatic carbocycles. The van der Waals surface area contributed by atoms with Gasteiger partial charge in [-0.3, -0.25) is 14.4 Å². The number of carboxylic acids is 1. The van der Waals surface area contributed by atoms with Crippen LogP contribution in [0.1, 0.15) is 84.5 Å². The monoisotopic (exact) mass is 929 g/mol. The maximum atomic E-state index is 13.8. The van der Waals surface area contributed by atoms with Crippen molar-refractivity contribution in [2.24, 2.45) is 0 Å². The van der Waals surface area contributed by atoms with Gasteiger partial charge in [-0.1, -0.05) is 6.07 Å². The number of rotatable bonds is 12.